The molecule has 0 aromatic rings. The quantitative estimate of drug-likeness (QED) is 0.672. The minimum absolute atomic E-state index is 0.0133. The lowest BCUT2D eigenvalue weighted by molar-refractivity contribution is -0.141. The van der Waals surface area contributed by atoms with Gasteiger partial charge in [-0.05, 0) is 34.6 Å². The summed E-state index contributed by atoms with van der Waals surface area (Å²) in [4.78, 5) is 21.0. The van der Waals surface area contributed by atoms with Gasteiger partial charge >= 0.3 is 5.97 Å². The van der Waals surface area contributed by atoms with Crippen molar-refractivity contribution in [2.24, 2.45) is 5.92 Å². The SMILES string of the molecule is C[C@@H]1NC(=O)CO[C@@H]1C.C[C@@H]1OC(=O)C[C@@H]1C.C[C@@H]1OCO[C@@H]1C. The van der Waals surface area contributed by atoms with E-state index < -0.39 is 0 Å². The average molecular weight is 345 g/mol. The van der Waals surface area contributed by atoms with Gasteiger partial charge in [-0.2, -0.15) is 0 Å². The first-order valence-corrected chi connectivity index (χ1v) is 8.54. The third-order valence-corrected chi connectivity index (χ3v) is 4.50. The molecule has 0 aromatic carbocycles. The molecular weight excluding hydrogens is 314 g/mol. The van der Waals surface area contributed by atoms with Crippen LogP contribution in [0.4, 0.5) is 0 Å². The maximum atomic E-state index is 10.6. The fourth-order valence-corrected chi connectivity index (χ4v) is 2.09. The second-order valence-corrected chi connectivity index (χ2v) is 6.61. The van der Waals surface area contributed by atoms with E-state index in [9.17, 15) is 9.59 Å². The molecule has 3 aliphatic heterocycles. The highest BCUT2D eigenvalue weighted by Crippen LogP contribution is 2.19. The van der Waals surface area contributed by atoms with Crippen molar-refractivity contribution in [2.75, 3.05) is 13.4 Å². The Labute approximate surface area is 144 Å². The van der Waals surface area contributed by atoms with E-state index in [1.165, 1.54) is 0 Å². The molecule has 24 heavy (non-hydrogen) atoms. The Morgan fingerprint density at radius 1 is 0.833 bits per heavy atom. The zero-order chi connectivity index (χ0) is 18.3. The second-order valence-electron chi connectivity index (χ2n) is 6.61. The van der Waals surface area contributed by atoms with E-state index in [2.05, 4.69) is 5.32 Å². The zero-order valence-corrected chi connectivity index (χ0v) is 15.5. The average Bonchev–Trinajstić information content (AvgIpc) is 3.01. The van der Waals surface area contributed by atoms with E-state index in [0.29, 0.717) is 31.3 Å². The fraction of sp³-hybridized carbons (Fsp3) is 0.882. The van der Waals surface area contributed by atoms with Crippen molar-refractivity contribution in [1.29, 1.82) is 0 Å². The predicted molar refractivity (Wildman–Crippen MR) is 88.3 cm³/mol. The molecule has 0 unspecified atom stereocenters. The molecule has 1 amide bonds. The van der Waals surface area contributed by atoms with Crippen LogP contribution in [0.5, 0.6) is 0 Å². The Kier molecular flexibility index (Phi) is 8.66. The maximum Gasteiger partial charge on any atom is 0.306 e. The van der Waals surface area contributed by atoms with E-state index in [1.54, 1.807) is 0 Å². The molecule has 0 bridgehead atoms. The Balaban J connectivity index is 0.000000181. The van der Waals surface area contributed by atoms with Crippen LogP contribution in [0.15, 0.2) is 0 Å². The molecule has 1 N–H and O–H groups in total. The molecule has 140 valence electrons. The monoisotopic (exact) mass is 345 g/mol. The third-order valence-electron chi connectivity index (χ3n) is 4.50. The van der Waals surface area contributed by atoms with Gasteiger partial charge in [0.15, 0.2) is 0 Å². The fourth-order valence-electron chi connectivity index (χ4n) is 2.09. The van der Waals surface area contributed by atoms with Crippen LogP contribution in [0.1, 0.15) is 48.0 Å². The highest BCUT2D eigenvalue weighted by molar-refractivity contribution is 5.78. The number of carbonyl (C=O) groups excluding carboxylic acids is 2. The Morgan fingerprint density at radius 3 is 1.67 bits per heavy atom. The summed E-state index contributed by atoms with van der Waals surface area (Å²) in [6.45, 7) is 12.5. The number of ether oxygens (including phenoxy) is 4. The van der Waals surface area contributed by atoms with Crippen LogP contribution < -0.4 is 5.32 Å². The number of rotatable bonds is 0. The van der Waals surface area contributed by atoms with E-state index in [1.807, 2.05) is 41.5 Å². The van der Waals surface area contributed by atoms with Gasteiger partial charge < -0.3 is 24.3 Å². The van der Waals surface area contributed by atoms with Crippen molar-refractivity contribution < 1.29 is 28.5 Å². The lowest BCUT2D eigenvalue weighted by Gasteiger charge is -2.26. The number of amides is 1. The molecule has 3 rings (SSSR count). The number of cyclic esters (lactones) is 1. The summed E-state index contributed by atoms with van der Waals surface area (Å²) in [6.07, 6.45) is 1.48. The van der Waals surface area contributed by atoms with Gasteiger partial charge in [-0.3, -0.25) is 9.59 Å². The van der Waals surface area contributed by atoms with E-state index in [-0.39, 0.29) is 36.7 Å². The van der Waals surface area contributed by atoms with Gasteiger partial charge in [0, 0.05) is 5.92 Å². The summed E-state index contributed by atoms with van der Waals surface area (Å²) in [6, 6.07) is 0.159. The summed E-state index contributed by atoms with van der Waals surface area (Å²) in [7, 11) is 0. The molecule has 0 spiro atoms. The van der Waals surface area contributed by atoms with Crippen LogP contribution in [0.2, 0.25) is 0 Å². The van der Waals surface area contributed by atoms with Crippen molar-refractivity contribution in [3.05, 3.63) is 0 Å². The standard InChI is InChI=1S/C6H11NO2.C6H10O2.C5H10O2/c1-4-5(2)9-3-6(8)7-4;1-4-3-6(7)8-5(4)2;1-4-5(2)7-3-6-4/h4-5H,3H2,1-2H3,(H,7,8);4-5H,3H2,1-2H3;4-5H,3H2,1-2H3/t4-,5+;4-,5-;4-,5+/m00./s1. The minimum atomic E-state index is -0.0509. The lowest BCUT2D eigenvalue weighted by atomic mass is 10.1. The molecule has 0 aliphatic carbocycles. The largest absolute Gasteiger partial charge is 0.462 e. The summed E-state index contributed by atoms with van der Waals surface area (Å²) in [5, 5.41) is 2.77. The molecule has 3 aliphatic rings. The Hall–Kier alpha value is -1.18. The molecule has 7 heteroatoms. The minimum Gasteiger partial charge on any atom is -0.462 e. The van der Waals surface area contributed by atoms with Crippen molar-refractivity contribution in [2.45, 2.75) is 78.4 Å². The second kappa shape index (κ2) is 9.96. The van der Waals surface area contributed by atoms with E-state index in [4.69, 9.17) is 18.9 Å². The van der Waals surface area contributed by atoms with Crippen LogP contribution in [0, 0.1) is 5.92 Å². The van der Waals surface area contributed by atoms with Gasteiger partial charge in [-0.1, -0.05) is 6.92 Å². The molecule has 6 atom stereocenters. The van der Waals surface area contributed by atoms with Crippen LogP contribution in [0.25, 0.3) is 0 Å². The highest BCUT2D eigenvalue weighted by atomic mass is 16.7. The van der Waals surface area contributed by atoms with Crippen molar-refractivity contribution in [3.8, 4) is 0 Å². The molecule has 0 aromatic heterocycles. The topological polar surface area (TPSA) is 83.1 Å². The maximum absolute atomic E-state index is 10.6. The molecule has 3 saturated heterocycles. The van der Waals surface area contributed by atoms with Gasteiger partial charge in [-0.25, -0.2) is 0 Å². The van der Waals surface area contributed by atoms with E-state index in [0.717, 1.165) is 0 Å². The summed E-state index contributed by atoms with van der Waals surface area (Å²) >= 11 is 0. The molecule has 3 fully saturated rings. The van der Waals surface area contributed by atoms with Crippen molar-refractivity contribution in [3.63, 3.8) is 0 Å². The van der Waals surface area contributed by atoms with Crippen molar-refractivity contribution >= 4 is 11.9 Å². The molecule has 3 heterocycles. The molecule has 7 nitrogen and oxygen atoms in total. The highest BCUT2D eigenvalue weighted by Gasteiger charge is 2.26. The first kappa shape index (κ1) is 20.9. The Bertz CT molecular complexity index is 396. The number of morpholine rings is 1. The predicted octanol–water partition coefficient (Wildman–Crippen LogP) is 1.64. The normalized spacial score (nSPS) is 38.2. The summed E-state index contributed by atoms with van der Waals surface area (Å²) in [5.41, 5.74) is 0. The summed E-state index contributed by atoms with van der Waals surface area (Å²) < 4.78 is 20.0. The number of hydrogen-bond acceptors (Lipinski definition) is 6. The molecule has 0 saturated carbocycles. The van der Waals surface area contributed by atoms with Crippen molar-refractivity contribution in [1.82, 2.24) is 5.32 Å². The number of carbonyl (C=O) groups is 2. The summed E-state index contributed by atoms with van der Waals surface area (Å²) in [5.74, 6) is 0.355. The zero-order valence-electron chi connectivity index (χ0n) is 15.5. The van der Waals surface area contributed by atoms with Crippen LogP contribution in [-0.4, -0.2) is 55.7 Å². The van der Waals surface area contributed by atoms with E-state index >= 15 is 0 Å². The van der Waals surface area contributed by atoms with Gasteiger partial charge in [0.1, 0.15) is 19.5 Å². The van der Waals surface area contributed by atoms with Gasteiger partial charge in [-0.15, -0.1) is 0 Å². The lowest BCUT2D eigenvalue weighted by Crippen LogP contribution is -2.48. The molecular formula is C17H31NO6. The molecule has 0 radical (unpaired) electrons. The van der Waals surface area contributed by atoms with Crippen LogP contribution >= 0.6 is 0 Å². The smallest absolute Gasteiger partial charge is 0.306 e. The first-order valence-electron chi connectivity index (χ1n) is 8.54. The van der Waals surface area contributed by atoms with Gasteiger partial charge in [0.2, 0.25) is 5.91 Å². The van der Waals surface area contributed by atoms with Crippen LogP contribution in [-0.2, 0) is 28.5 Å². The number of esters is 1. The third kappa shape index (κ3) is 7.15. The Morgan fingerprint density at radius 2 is 1.42 bits per heavy atom. The van der Waals surface area contributed by atoms with Gasteiger partial charge in [0.05, 0.1) is 30.8 Å². The first-order chi connectivity index (χ1) is 11.2. The number of nitrogens with one attached hydrogen (secondary N) is 1. The number of hydrogen-bond donors (Lipinski definition) is 1. The van der Waals surface area contributed by atoms with Crippen LogP contribution in [0.3, 0.4) is 0 Å². The van der Waals surface area contributed by atoms with Gasteiger partial charge in [0.25, 0.3) is 0 Å².